The van der Waals surface area contributed by atoms with Crippen molar-refractivity contribution in [2.75, 3.05) is 6.54 Å². The molecule has 0 aromatic rings. The summed E-state index contributed by atoms with van der Waals surface area (Å²) in [6.45, 7) is 6.81. The van der Waals surface area contributed by atoms with Gasteiger partial charge in [0.15, 0.2) is 0 Å². The molecular weight excluding hydrogens is 164 g/mol. The van der Waals surface area contributed by atoms with E-state index in [1.807, 2.05) is 13.8 Å². The maximum atomic E-state index is 11.3. The van der Waals surface area contributed by atoms with Crippen LogP contribution in [-0.2, 0) is 4.79 Å². The molecule has 78 valence electrons. The highest BCUT2D eigenvalue weighted by atomic mass is 16.2. The highest BCUT2D eigenvalue weighted by Crippen LogP contribution is 1.98. The van der Waals surface area contributed by atoms with Gasteiger partial charge in [-0.15, -0.1) is 0 Å². The Hall–Kier alpha value is -0.570. The predicted octanol–water partition coefficient (Wildman–Crippen LogP) is 1.28. The number of unbranched alkanes of at least 4 members (excludes halogenated alkanes) is 2. The minimum absolute atomic E-state index is 0.0221. The van der Waals surface area contributed by atoms with Gasteiger partial charge in [-0.25, -0.2) is 0 Å². The van der Waals surface area contributed by atoms with Crippen LogP contribution in [-0.4, -0.2) is 18.5 Å². The Balaban J connectivity index is 3.50. The van der Waals surface area contributed by atoms with E-state index in [0.717, 1.165) is 19.4 Å². The Morgan fingerprint density at radius 1 is 1.38 bits per heavy atom. The summed E-state index contributed by atoms with van der Waals surface area (Å²) >= 11 is 0. The van der Waals surface area contributed by atoms with Crippen molar-refractivity contribution in [3.63, 3.8) is 0 Å². The Morgan fingerprint density at radius 3 is 2.46 bits per heavy atom. The van der Waals surface area contributed by atoms with Gasteiger partial charge in [-0.3, -0.25) is 4.79 Å². The number of nitrogens with one attached hydrogen (secondary N) is 1. The number of rotatable bonds is 6. The molecule has 0 aliphatic rings. The molecule has 0 saturated heterocycles. The molecule has 0 rings (SSSR count). The van der Waals surface area contributed by atoms with Gasteiger partial charge in [-0.1, -0.05) is 33.6 Å². The average molecular weight is 186 g/mol. The standard InChI is InChI=1S/C10H22N2O/c1-4-5-6-7-12-10(13)9(11)8(2)3/h8-9H,4-7,11H2,1-3H3,(H,12,13)/t9-/m0/s1. The maximum Gasteiger partial charge on any atom is 0.237 e. The van der Waals surface area contributed by atoms with Crippen LogP contribution in [0.1, 0.15) is 40.0 Å². The fraction of sp³-hybridized carbons (Fsp3) is 0.900. The molecule has 0 unspecified atom stereocenters. The molecule has 3 heteroatoms. The van der Waals surface area contributed by atoms with E-state index in [0.29, 0.717) is 0 Å². The van der Waals surface area contributed by atoms with E-state index in [9.17, 15) is 4.79 Å². The Bertz CT molecular complexity index is 146. The first kappa shape index (κ1) is 12.4. The normalized spacial score (nSPS) is 13.0. The van der Waals surface area contributed by atoms with Gasteiger partial charge in [0.05, 0.1) is 6.04 Å². The van der Waals surface area contributed by atoms with E-state index in [1.54, 1.807) is 0 Å². The molecule has 0 saturated carbocycles. The van der Waals surface area contributed by atoms with E-state index in [-0.39, 0.29) is 17.9 Å². The molecule has 0 bridgehead atoms. The summed E-state index contributed by atoms with van der Waals surface area (Å²) in [5.74, 6) is 0.192. The lowest BCUT2D eigenvalue weighted by atomic mass is 10.1. The molecule has 0 aromatic heterocycles. The third-order valence-electron chi connectivity index (χ3n) is 2.10. The summed E-state index contributed by atoms with van der Waals surface area (Å²) in [5.41, 5.74) is 5.66. The third-order valence-corrected chi connectivity index (χ3v) is 2.10. The summed E-state index contributed by atoms with van der Waals surface area (Å²) in [5, 5.41) is 2.83. The Labute approximate surface area is 81.1 Å². The number of hydrogen-bond acceptors (Lipinski definition) is 2. The fourth-order valence-corrected chi connectivity index (χ4v) is 1.01. The molecule has 0 spiro atoms. The Kier molecular flexibility index (Phi) is 6.59. The van der Waals surface area contributed by atoms with E-state index in [4.69, 9.17) is 5.73 Å². The second-order valence-electron chi connectivity index (χ2n) is 3.77. The summed E-state index contributed by atoms with van der Waals surface area (Å²) in [4.78, 5) is 11.3. The zero-order valence-electron chi connectivity index (χ0n) is 8.97. The van der Waals surface area contributed by atoms with Crippen LogP contribution in [0.3, 0.4) is 0 Å². The van der Waals surface area contributed by atoms with Gasteiger partial charge in [0.1, 0.15) is 0 Å². The molecular formula is C10H22N2O. The van der Waals surface area contributed by atoms with Crippen molar-refractivity contribution in [3.8, 4) is 0 Å². The van der Waals surface area contributed by atoms with Gasteiger partial charge in [-0.05, 0) is 12.3 Å². The van der Waals surface area contributed by atoms with Crippen molar-refractivity contribution < 1.29 is 4.79 Å². The quantitative estimate of drug-likeness (QED) is 0.614. The van der Waals surface area contributed by atoms with Gasteiger partial charge in [0, 0.05) is 6.54 Å². The van der Waals surface area contributed by atoms with E-state index < -0.39 is 0 Å². The van der Waals surface area contributed by atoms with Crippen LogP contribution < -0.4 is 11.1 Å². The molecule has 0 aliphatic heterocycles. The first-order valence-electron chi connectivity index (χ1n) is 5.12. The topological polar surface area (TPSA) is 55.1 Å². The minimum atomic E-state index is -0.360. The van der Waals surface area contributed by atoms with Crippen molar-refractivity contribution in [3.05, 3.63) is 0 Å². The van der Waals surface area contributed by atoms with Gasteiger partial charge < -0.3 is 11.1 Å². The molecule has 0 radical (unpaired) electrons. The van der Waals surface area contributed by atoms with E-state index >= 15 is 0 Å². The highest BCUT2D eigenvalue weighted by molar-refractivity contribution is 5.81. The van der Waals surface area contributed by atoms with Crippen LogP contribution >= 0.6 is 0 Å². The van der Waals surface area contributed by atoms with Gasteiger partial charge in [0.2, 0.25) is 5.91 Å². The molecule has 13 heavy (non-hydrogen) atoms. The van der Waals surface area contributed by atoms with Crippen molar-refractivity contribution in [2.45, 2.75) is 46.1 Å². The number of nitrogens with two attached hydrogens (primary N) is 1. The van der Waals surface area contributed by atoms with Crippen LogP contribution in [0.5, 0.6) is 0 Å². The molecule has 0 aromatic carbocycles. The van der Waals surface area contributed by atoms with Gasteiger partial charge in [0.25, 0.3) is 0 Å². The lowest BCUT2D eigenvalue weighted by molar-refractivity contribution is -0.123. The summed E-state index contributed by atoms with van der Waals surface area (Å²) in [6.07, 6.45) is 3.39. The third kappa shape index (κ3) is 5.64. The molecule has 0 heterocycles. The van der Waals surface area contributed by atoms with Crippen LogP contribution in [0.15, 0.2) is 0 Å². The zero-order valence-corrected chi connectivity index (χ0v) is 8.97. The smallest absolute Gasteiger partial charge is 0.237 e. The Morgan fingerprint density at radius 2 is 2.00 bits per heavy atom. The monoisotopic (exact) mass is 186 g/mol. The molecule has 3 N–H and O–H groups in total. The number of carbonyl (C=O) groups excluding carboxylic acids is 1. The molecule has 3 nitrogen and oxygen atoms in total. The maximum absolute atomic E-state index is 11.3. The van der Waals surface area contributed by atoms with Gasteiger partial charge >= 0.3 is 0 Å². The van der Waals surface area contributed by atoms with Crippen LogP contribution in [0.2, 0.25) is 0 Å². The predicted molar refractivity (Wildman–Crippen MR) is 55.3 cm³/mol. The zero-order chi connectivity index (χ0) is 10.3. The highest BCUT2D eigenvalue weighted by Gasteiger charge is 2.15. The second kappa shape index (κ2) is 6.89. The average Bonchev–Trinajstić information content (AvgIpc) is 2.10. The second-order valence-corrected chi connectivity index (χ2v) is 3.77. The van der Waals surface area contributed by atoms with Crippen molar-refractivity contribution in [1.29, 1.82) is 0 Å². The van der Waals surface area contributed by atoms with Crippen molar-refractivity contribution in [2.24, 2.45) is 11.7 Å². The van der Waals surface area contributed by atoms with Gasteiger partial charge in [-0.2, -0.15) is 0 Å². The largest absolute Gasteiger partial charge is 0.355 e. The number of amides is 1. The summed E-state index contributed by atoms with van der Waals surface area (Å²) < 4.78 is 0. The fourth-order valence-electron chi connectivity index (χ4n) is 1.01. The SMILES string of the molecule is CCCCCNC(=O)[C@@H](N)C(C)C. The summed E-state index contributed by atoms with van der Waals surface area (Å²) in [7, 11) is 0. The van der Waals surface area contributed by atoms with E-state index in [1.165, 1.54) is 6.42 Å². The molecule has 0 aliphatic carbocycles. The van der Waals surface area contributed by atoms with Crippen molar-refractivity contribution >= 4 is 5.91 Å². The lowest BCUT2D eigenvalue weighted by Crippen LogP contribution is -2.44. The first-order chi connectivity index (χ1) is 6.09. The number of hydrogen-bond donors (Lipinski definition) is 2. The first-order valence-corrected chi connectivity index (χ1v) is 5.12. The van der Waals surface area contributed by atoms with E-state index in [2.05, 4.69) is 12.2 Å². The molecule has 1 amide bonds. The molecule has 1 atom stereocenters. The van der Waals surface area contributed by atoms with Crippen LogP contribution in [0.25, 0.3) is 0 Å². The number of carbonyl (C=O) groups is 1. The van der Waals surface area contributed by atoms with Crippen molar-refractivity contribution in [1.82, 2.24) is 5.32 Å². The molecule has 0 fully saturated rings. The van der Waals surface area contributed by atoms with Crippen LogP contribution in [0.4, 0.5) is 0 Å². The van der Waals surface area contributed by atoms with Crippen LogP contribution in [0, 0.1) is 5.92 Å². The summed E-state index contributed by atoms with van der Waals surface area (Å²) in [6, 6.07) is -0.360. The lowest BCUT2D eigenvalue weighted by Gasteiger charge is -2.14. The minimum Gasteiger partial charge on any atom is -0.355 e.